The van der Waals surface area contributed by atoms with Crippen molar-refractivity contribution in [3.05, 3.63) is 144 Å². The van der Waals surface area contributed by atoms with Gasteiger partial charge in [-0.15, -0.1) is 0 Å². The van der Waals surface area contributed by atoms with Crippen LogP contribution in [-0.4, -0.2) is 11.4 Å². The second-order valence-corrected chi connectivity index (χ2v) is 7.15. The van der Waals surface area contributed by atoms with Crippen LogP contribution in [0.4, 0.5) is 0 Å². The Morgan fingerprint density at radius 3 is 1.03 bits per heavy atom. The molecule has 0 aliphatic heterocycles. The standard InChI is InChI=1S/C28H24N2/c1-5-13-23(14-6-1)21-27(25-17-9-3-10-18-25)29-30-28(26-19-11-4-12-20-26)22-24-15-7-2-8-16-24/h1-20H,21-22H2. The maximum absolute atomic E-state index is 4.77. The van der Waals surface area contributed by atoms with Crippen molar-refractivity contribution in [2.45, 2.75) is 12.8 Å². The molecule has 0 aliphatic rings. The molecule has 2 nitrogen and oxygen atoms in total. The van der Waals surface area contributed by atoms with Crippen LogP contribution in [-0.2, 0) is 12.8 Å². The average molecular weight is 389 g/mol. The molecule has 0 fully saturated rings. The first-order valence-corrected chi connectivity index (χ1v) is 10.2. The fourth-order valence-corrected chi connectivity index (χ4v) is 3.35. The Morgan fingerprint density at radius 2 is 0.700 bits per heavy atom. The van der Waals surface area contributed by atoms with Gasteiger partial charge in [-0.3, -0.25) is 0 Å². The first kappa shape index (κ1) is 19.5. The third-order valence-corrected chi connectivity index (χ3v) is 4.93. The summed E-state index contributed by atoms with van der Waals surface area (Å²) in [4.78, 5) is 0. The van der Waals surface area contributed by atoms with Crippen LogP contribution in [0.25, 0.3) is 0 Å². The third kappa shape index (κ3) is 5.39. The van der Waals surface area contributed by atoms with Crippen molar-refractivity contribution in [1.82, 2.24) is 0 Å². The highest BCUT2D eigenvalue weighted by atomic mass is 15.2. The lowest BCUT2D eigenvalue weighted by Gasteiger charge is -2.08. The second kappa shape index (κ2) is 10.1. The highest BCUT2D eigenvalue weighted by Gasteiger charge is 2.08. The van der Waals surface area contributed by atoms with E-state index in [1.54, 1.807) is 0 Å². The van der Waals surface area contributed by atoms with E-state index in [1.807, 2.05) is 48.5 Å². The van der Waals surface area contributed by atoms with Gasteiger partial charge in [-0.2, -0.15) is 10.2 Å². The Bertz CT molecular complexity index is 1010. The Kier molecular flexibility index (Phi) is 6.59. The van der Waals surface area contributed by atoms with Crippen molar-refractivity contribution < 1.29 is 0 Å². The predicted octanol–water partition coefficient (Wildman–Crippen LogP) is 6.37. The summed E-state index contributed by atoms with van der Waals surface area (Å²) < 4.78 is 0. The van der Waals surface area contributed by atoms with Gasteiger partial charge in [0.2, 0.25) is 0 Å². The van der Waals surface area contributed by atoms with Crippen molar-refractivity contribution in [2.24, 2.45) is 10.2 Å². The van der Waals surface area contributed by atoms with Crippen LogP contribution >= 0.6 is 0 Å². The lowest BCUT2D eigenvalue weighted by atomic mass is 10.0. The van der Waals surface area contributed by atoms with E-state index in [2.05, 4.69) is 72.8 Å². The summed E-state index contributed by atoms with van der Waals surface area (Å²) in [6.45, 7) is 0. The molecule has 0 saturated heterocycles. The minimum atomic E-state index is 0.738. The van der Waals surface area contributed by atoms with E-state index in [4.69, 9.17) is 10.2 Å². The van der Waals surface area contributed by atoms with E-state index in [-0.39, 0.29) is 0 Å². The quantitative estimate of drug-likeness (QED) is 0.260. The molecule has 0 bridgehead atoms. The minimum Gasteiger partial charge on any atom is -0.154 e. The lowest BCUT2D eigenvalue weighted by Crippen LogP contribution is -2.08. The Hall–Kier alpha value is -3.78. The van der Waals surface area contributed by atoms with Gasteiger partial charge < -0.3 is 0 Å². The minimum absolute atomic E-state index is 0.738. The molecule has 0 atom stereocenters. The van der Waals surface area contributed by atoms with Gasteiger partial charge in [0.05, 0.1) is 11.4 Å². The molecule has 0 N–H and O–H groups in total. The molecule has 0 heterocycles. The molecule has 4 aromatic rings. The molecule has 0 spiro atoms. The maximum Gasteiger partial charge on any atom is 0.0746 e. The Balaban J connectivity index is 1.72. The van der Waals surface area contributed by atoms with Gasteiger partial charge in [-0.1, -0.05) is 121 Å². The molecule has 0 saturated carbocycles. The summed E-state index contributed by atoms with van der Waals surface area (Å²) in [6, 6.07) is 41.4. The SMILES string of the molecule is c1ccc(CC(=NN=C(Cc2ccccc2)c2ccccc2)c2ccccc2)cc1. The molecular formula is C28H24N2. The zero-order chi connectivity index (χ0) is 20.4. The van der Waals surface area contributed by atoms with Crippen molar-refractivity contribution in [3.8, 4) is 0 Å². The van der Waals surface area contributed by atoms with Crippen LogP contribution in [0.1, 0.15) is 22.3 Å². The molecule has 0 radical (unpaired) electrons. The Labute approximate surface area is 178 Å². The lowest BCUT2D eigenvalue weighted by molar-refractivity contribution is 1.15. The predicted molar refractivity (Wildman–Crippen MR) is 126 cm³/mol. The first-order valence-electron chi connectivity index (χ1n) is 10.2. The van der Waals surface area contributed by atoms with Crippen LogP contribution in [0.5, 0.6) is 0 Å². The van der Waals surface area contributed by atoms with Crippen LogP contribution in [0.3, 0.4) is 0 Å². The van der Waals surface area contributed by atoms with Gasteiger partial charge >= 0.3 is 0 Å². The van der Waals surface area contributed by atoms with E-state index in [0.29, 0.717) is 0 Å². The molecule has 30 heavy (non-hydrogen) atoms. The van der Waals surface area contributed by atoms with E-state index < -0.39 is 0 Å². The molecule has 4 rings (SSSR count). The second-order valence-electron chi connectivity index (χ2n) is 7.15. The maximum atomic E-state index is 4.77. The number of benzene rings is 4. The number of hydrogen-bond donors (Lipinski definition) is 0. The zero-order valence-electron chi connectivity index (χ0n) is 16.9. The fourth-order valence-electron chi connectivity index (χ4n) is 3.35. The smallest absolute Gasteiger partial charge is 0.0746 e. The molecule has 2 heteroatoms. The largest absolute Gasteiger partial charge is 0.154 e. The van der Waals surface area contributed by atoms with Crippen molar-refractivity contribution >= 4 is 11.4 Å². The van der Waals surface area contributed by atoms with Crippen LogP contribution < -0.4 is 0 Å². The van der Waals surface area contributed by atoms with E-state index in [0.717, 1.165) is 35.4 Å². The van der Waals surface area contributed by atoms with Crippen molar-refractivity contribution in [3.63, 3.8) is 0 Å². The highest BCUT2D eigenvalue weighted by Crippen LogP contribution is 2.12. The molecule has 0 aromatic heterocycles. The van der Waals surface area contributed by atoms with E-state index >= 15 is 0 Å². The van der Waals surface area contributed by atoms with E-state index in [9.17, 15) is 0 Å². The fraction of sp³-hybridized carbons (Fsp3) is 0.0714. The number of rotatable bonds is 7. The molecule has 0 aliphatic carbocycles. The number of nitrogens with zero attached hydrogens (tertiary/aromatic N) is 2. The molecule has 4 aromatic carbocycles. The van der Waals surface area contributed by atoms with Crippen molar-refractivity contribution in [2.75, 3.05) is 0 Å². The normalized spacial score (nSPS) is 12.0. The van der Waals surface area contributed by atoms with Gasteiger partial charge in [-0.05, 0) is 22.3 Å². The van der Waals surface area contributed by atoms with Crippen LogP contribution in [0, 0.1) is 0 Å². The summed E-state index contributed by atoms with van der Waals surface area (Å²) in [5, 5.41) is 9.53. The first-order chi connectivity index (χ1) is 14.9. The van der Waals surface area contributed by atoms with Gasteiger partial charge in [0.1, 0.15) is 0 Å². The van der Waals surface area contributed by atoms with Crippen molar-refractivity contribution in [1.29, 1.82) is 0 Å². The molecular weight excluding hydrogens is 364 g/mol. The molecule has 0 unspecified atom stereocenters. The van der Waals surface area contributed by atoms with Gasteiger partial charge in [0.15, 0.2) is 0 Å². The van der Waals surface area contributed by atoms with Crippen LogP contribution in [0.2, 0.25) is 0 Å². The topological polar surface area (TPSA) is 24.7 Å². The summed E-state index contributed by atoms with van der Waals surface area (Å²) in [5.74, 6) is 0. The summed E-state index contributed by atoms with van der Waals surface area (Å²) in [5.41, 5.74) is 6.56. The summed E-state index contributed by atoms with van der Waals surface area (Å²) >= 11 is 0. The number of hydrogen-bond acceptors (Lipinski definition) is 2. The molecule has 0 amide bonds. The monoisotopic (exact) mass is 388 g/mol. The van der Waals surface area contributed by atoms with Crippen LogP contribution in [0.15, 0.2) is 132 Å². The average Bonchev–Trinajstić information content (AvgIpc) is 2.83. The van der Waals surface area contributed by atoms with Gasteiger partial charge in [0, 0.05) is 12.8 Å². The van der Waals surface area contributed by atoms with Gasteiger partial charge in [0.25, 0.3) is 0 Å². The Morgan fingerprint density at radius 1 is 0.400 bits per heavy atom. The summed E-state index contributed by atoms with van der Waals surface area (Å²) in [7, 11) is 0. The summed E-state index contributed by atoms with van der Waals surface area (Å²) in [6.07, 6.45) is 1.48. The zero-order valence-corrected chi connectivity index (χ0v) is 16.9. The third-order valence-electron chi connectivity index (χ3n) is 4.93. The highest BCUT2D eigenvalue weighted by molar-refractivity contribution is 6.04. The van der Waals surface area contributed by atoms with E-state index in [1.165, 1.54) is 11.1 Å². The van der Waals surface area contributed by atoms with Gasteiger partial charge in [-0.25, -0.2) is 0 Å². The molecule has 146 valence electrons.